The van der Waals surface area contributed by atoms with E-state index in [1.54, 1.807) is 21.3 Å². The molecule has 1 aliphatic heterocycles. The second-order valence-electron chi connectivity index (χ2n) is 9.39. The lowest BCUT2D eigenvalue weighted by Crippen LogP contribution is -2.36. The number of benzene rings is 2. The number of anilines is 1. The average molecular weight is 461 g/mol. The summed E-state index contributed by atoms with van der Waals surface area (Å²) in [5, 5.41) is 8.27. The highest BCUT2D eigenvalue weighted by Crippen LogP contribution is 2.46. The molecule has 8 heteroatoms. The molecule has 5 rings (SSSR count). The van der Waals surface area contributed by atoms with Crippen LogP contribution in [0.3, 0.4) is 0 Å². The number of nitrogens with zero attached hydrogens (tertiary/aromatic N) is 3. The standard InChI is InChI=1S/C26H28N4O4/c1-26(2)13-17-21(18(31)14-26)22(15-9-7-6-8-10-15)30-25(27-17)28-24(29-30)16-11-19(32-3)23(34-5)20(12-16)33-4/h6-12,22H,13-14H2,1-5H3,(H,27,28,29)/t22-/m0/s1. The number of rotatable bonds is 5. The molecule has 1 atom stereocenters. The van der Waals surface area contributed by atoms with Crippen molar-refractivity contribution in [3.05, 3.63) is 59.3 Å². The average Bonchev–Trinajstić information content (AvgIpc) is 3.25. The number of hydrogen-bond acceptors (Lipinski definition) is 7. The van der Waals surface area contributed by atoms with Crippen molar-refractivity contribution in [1.29, 1.82) is 0 Å². The van der Waals surface area contributed by atoms with Gasteiger partial charge in [0.25, 0.3) is 0 Å². The highest BCUT2D eigenvalue weighted by molar-refractivity contribution is 6.00. The summed E-state index contributed by atoms with van der Waals surface area (Å²) in [5.74, 6) is 2.78. The van der Waals surface area contributed by atoms with Crippen LogP contribution in [0.25, 0.3) is 11.4 Å². The maximum Gasteiger partial charge on any atom is 0.226 e. The zero-order valence-corrected chi connectivity index (χ0v) is 20.0. The van der Waals surface area contributed by atoms with E-state index in [-0.39, 0.29) is 17.2 Å². The van der Waals surface area contributed by atoms with Gasteiger partial charge in [0.05, 0.1) is 21.3 Å². The molecule has 2 heterocycles. The smallest absolute Gasteiger partial charge is 0.226 e. The molecule has 3 aromatic rings. The van der Waals surface area contributed by atoms with Gasteiger partial charge in [-0.1, -0.05) is 44.2 Å². The Bertz CT molecular complexity index is 1270. The normalized spacial score (nSPS) is 18.6. The monoisotopic (exact) mass is 460 g/mol. The van der Waals surface area contributed by atoms with Gasteiger partial charge >= 0.3 is 0 Å². The third kappa shape index (κ3) is 3.59. The fourth-order valence-corrected chi connectivity index (χ4v) is 4.88. The van der Waals surface area contributed by atoms with E-state index < -0.39 is 0 Å². The first kappa shape index (κ1) is 22.0. The third-order valence-electron chi connectivity index (χ3n) is 6.37. The van der Waals surface area contributed by atoms with Gasteiger partial charge in [-0.15, -0.1) is 5.10 Å². The molecule has 0 fully saturated rings. The number of aromatic nitrogens is 3. The molecule has 0 unspecified atom stereocenters. The summed E-state index contributed by atoms with van der Waals surface area (Å²) in [6, 6.07) is 13.3. The summed E-state index contributed by atoms with van der Waals surface area (Å²) in [7, 11) is 4.72. The number of carbonyl (C=O) groups is 1. The Kier molecular flexibility index (Phi) is 5.31. The molecule has 1 aliphatic carbocycles. The Balaban J connectivity index is 1.67. The van der Waals surface area contributed by atoms with Crippen LogP contribution in [0, 0.1) is 5.41 Å². The molecule has 34 heavy (non-hydrogen) atoms. The second kappa shape index (κ2) is 8.20. The van der Waals surface area contributed by atoms with Crippen LogP contribution in [-0.2, 0) is 4.79 Å². The summed E-state index contributed by atoms with van der Waals surface area (Å²) in [6.07, 6.45) is 1.27. The van der Waals surface area contributed by atoms with Gasteiger partial charge in [0.1, 0.15) is 6.04 Å². The number of ether oxygens (including phenoxy) is 3. The molecule has 2 aliphatic rings. The molecule has 0 bridgehead atoms. The fourth-order valence-electron chi connectivity index (χ4n) is 4.88. The van der Waals surface area contributed by atoms with Crippen LogP contribution in [0.2, 0.25) is 0 Å². The van der Waals surface area contributed by atoms with Gasteiger partial charge in [0, 0.05) is 23.3 Å². The zero-order chi connectivity index (χ0) is 24.0. The Labute approximate surface area is 198 Å². The lowest BCUT2D eigenvalue weighted by Gasteiger charge is -2.38. The van der Waals surface area contributed by atoms with Gasteiger partial charge in [-0.3, -0.25) is 4.79 Å². The maximum absolute atomic E-state index is 13.3. The Hall–Kier alpha value is -3.81. The van der Waals surface area contributed by atoms with E-state index in [0.717, 1.165) is 28.8 Å². The van der Waals surface area contributed by atoms with E-state index in [0.29, 0.717) is 35.4 Å². The molecule has 1 N–H and O–H groups in total. The molecule has 176 valence electrons. The zero-order valence-electron chi connectivity index (χ0n) is 20.0. The molecule has 0 saturated carbocycles. The van der Waals surface area contributed by atoms with Gasteiger partial charge in [0.15, 0.2) is 23.1 Å². The van der Waals surface area contributed by atoms with Crippen molar-refractivity contribution in [2.75, 3.05) is 26.6 Å². The van der Waals surface area contributed by atoms with E-state index in [9.17, 15) is 4.79 Å². The third-order valence-corrected chi connectivity index (χ3v) is 6.37. The number of carbonyl (C=O) groups excluding carboxylic acids is 1. The number of Topliss-reactive ketones (excluding diaryl/α,β-unsaturated/α-hetero) is 1. The molecular weight excluding hydrogens is 432 g/mol. The summed E-state index contributed by atoms with van der Waals surface area (Å²) in [5.41, 5.74) is 3.28. The first-order valence-corrected chi connectivity index (χ1v) is 11.2. The molecule has 0 radical (unpaired) electrons. The number of ketones is 1. The van der Waals surface area contributed by atoms with Gasteiger partial charge in [-0.05, 0) is 29.5 Å². The van der Waals surface area contributed by atoms with Crippen LogP contribution in [-0.4, -0.2) is 41.9 Å². The SMILES string of the molecule is COc1cc(-c2nc3n(n2)[C@@H](c2ccccc2)C2=C(CC(C)(C)CC2=O)N3)cc(OC)c1OC. The topological polar surface area (TPSA) is 87.5 Å². The predicted molar refractivity (Wildman–Crippen MR) is 128 cm³/mol. The summed E-state index contributed by atoms with van der Waals surface area (Å²) >= 11 is 0. The quantitative estimate of drug-likeness (QED) is 0.594. The summed E-state index contributed by atoms with van der Waals surface area (Å²) in [4.78, 5) is 18.2. The molecule has 0 saturated heterocycles. The molecule has 2 aromatic carbocycles. The molecule has 1 aromatic heterocycles. The largest absolute Gasteiger partial charge is 0.493 e. The van der Waals surface area contributed by atoms with E-state index in [1.165, 1.54) is 0 Å². The Morgan fingerprint density at radius 3 is 2.29 bits per heavy atom. The van der Waals surface area contributed by atoms with Crippen LogP contribution in [0.4, 0.5) is 5.95 Å². The predicted octanol–water partition coefficient (Wildman–Crippen LogP) is 4.63. The first-order chi connectivity index (χ1) is 16.3. The van der Waals surface area contributed by atoms with Crippen molar-refractivity contribution in [2.24, 2.45) is 5.41 Å². The number of allylic oxidation sites excluding steroid dienone is 2. The van der Waals surface area contributed by atoms with Gasteiger partial charge in [-0.2, -0.15) is 4.98 Å². The minimum atomic E-state index is -0.348. The lowest BCUT2D eigenvalue weighted by molar-refractivity contribution is -0.118. The number of methoxy groups -OCH3 is 3. The van der Waals surface area contributed by atoms with E-state index in [1.807, 2.05) is 47.1 Å². The highest BCUT2D eigenvalue weighted by atomic mass is 16.5. The fraction of sp³-hybridized carbons (Fsp3) is 0.346. The first-order valence-electron chi connectivity index (χ1n) is 11.2. The van der Waals surface area contributed by atoms with Gasteiger partial charge < -0.3 is 19.5 Å². The van der Waals surface area contributed by atoms with E-state index >= 15 is 0 Å². The van der Waals surface area contributed by atoms with Crippen LogP contribution < -0.4 is 19.5 Å². The van der Waals surface area contributed by atoms with Crippen molar-refractivity contribution in [2.45, 2.75) is 32.7 Å². The molecule has 8 nitrogen and oxygen atoms in total. The minimum absolute atomic E-state index is 0.119. The summed E-state index contributed by atoms with van der Waals surface area (Å²) < 4.78 is 18.3. The number of fused-ring (bicyclic) bond motifs is 1. The molecule has 0 spiro atoms. The number of hydrogen-bond donors (Lipinski definition) is 1. The van der Waals surface area contributed by atoms with Gasteiger partial charge in [0.2, 0.25) is 11.7 Å². The number of nitrogens with one attached hydrogen (secondary N) is 1. The van der Waals surface area contributed by atoms with Crippen molar-refractivity contribution in [1.82, 2.24) is 14.8 Å². The van der Waals surface area contributed by atoms with E-state index in [2.05, 4.69) is 19.2 Å². The Morgan fingerprint density at radius 2 is 1.68 bits per heavy atom. The highest BCUT2D eigenvalue weighted by Gasteiger charge is 2.41. The van der Waals surface area contributed by atoms with Crippen molar-refractivity contribution < 1.29 is 19.0 Å². The van der Waals surface area contributed by atoms with Crippen molar-refractivity contribution in [3.63, 3.8) is 0 Å². The molecular formula is C26H28N4O4. The summed E-state index contributed by atoms with van der Waals surface area (Å²) in [6.45, 7) is 4.24. The van der Waals surface area contributed by atoms with Gasteiger partial charge in [-0.25, -0.2) is 4.68 Å². The van der Waals surface area contributed by atoms with Crippen molar-refractivity contribution >= 4 is 11.7 Å². The van der Waals surface area contributed by atoms with Crippen LogP contribution >= 0.6 is 0 Å². The minimum Gasteiger partial charge on any atom is -0.493 e. The van der Waals surface area contributed by atoms with Crippen molar-refractivity contribution in [3.8, 4) is 28.6 Å². The van der Waals surface area contributed by atoms with Crippen LogP contribution in [0.1, 0.15) is 38.3 Å². The van der Waals surface area contributed by atoms with Crippen LogP contribution in [0.15, 0.2) is 53.7 Å². The molecule has 0 amide bonds. The second-order valence-corrected chi connectivity index (χ2v) is 9.39. The maximum atomic E-state index is 13.3. The Morgan fingerprint density at radius 1 is 1.00 bits per heavy atom. The lowest BCUT2D eigenvalue weighted by atomic mass is 9.73. The van der Waals surface area contributed by atoms with Crippen LogP contribution in [0.5, 0.6) is 17.2 Å². The van der Waals surface area contributed by atoms with E-state index in [4.69, 9.17) is 24.3 Å².